The molecule has 10 heteroatoms. The van der Waals surface area contributed by atoms with Crippen molar-refractivity contribution in [1.82, 2.24) is 25.2 Å². The van der Waals surface area contributed by atoms with Crippen LogP contribution in [0.2, 0.25) is 0 Å². The molecule has 0 bridgehead atoms. The van der Waals surface area contributed by atoms with Crippen molar-refractivity contribution in [3.8, 4) is 0 Å². The summed E-state index contributed by atoms with van der Waals surface area (Å²) in [5.74, 6) is 1.73. The first-order valence-corrected chi connectivity index (χ1v) is 10.2. The summed E-state index contributed by atoms with van der Waals surface area (Å²) in [6, 6.07) is 10.0. The molecule has 154 valence electrons. The van der Waals surface area contributed by atoms with Gasteiger partial charge in [-0.3, -0.25) is 4.99 Å². The number of fused-ring (bicyclic) bond motifs is 1. The zero-order valence-corrected chi connectivity index (χ0v) is 19.4. The highest BCUT2D eigenvalue weighted by molar-refractivity contribution is 14.0. The van der Waals surface area contributed by atoms with E-state index in [4.69, 9.17) is 0 Å². The number of nitrogens with zero attached hydrogens (tertiary/aromatic N) is 6. The van der Waals surface area contributed by atoms with Crippen molar-refractivity contribution in [2.24, 2.45) is 4.99 Å². The third-order valence-electron chi connectivity index (χ3n) is 4.60. The Kier molecular flexibility index (Phi) is 7.81. The van der Waals surface area contributed by atoms with Gasteiger partial charge in [-0.15, -0.1) is 24.0 Å². The molecular formula is C19H25IN8S. The van der Waals surface area contributed by atoms with Crippen LogP contribution in [0.25, 0.3) is 10.2 Å². The van der Waals surface area contributed by atoms with Gasteiger partial charge in [0.2, 0.25) is 5.95 Å². The SMILES string of the molecule is CN=C(NCCNc1nc2ccccc2s1)N1CCN(c2ncccn2)CC1.I. The van der Waals surface area contributed by atoms with Gasteiger partial charge in [0, 0.05) is 58.7 Å². The fourth-order valence-corrected chi connectivity index (χ4v) is 4.09. The molecule has 3 aromatic rings. The van der Waals surface area contributed by atoms with Gasteiger partial charge < -0.3 is 20.4 Å². The molecule has 1 fully saturated rings. The molecule has 0 unspecified atom stereocenters. The normalized spacial score (nSPS) is 14.6. The van der Waals surface area contributed by atoms with E-state index >= 15 is 0 Å². The third kappa shape index (κ3) is 5.44. The quantitative estimate of drug-likeness (QED) is 0.230. The fraction of sp³-hybridized carbons (Fsp3) is 0.368. The molecule has 0 atom stereocenters. The summed E-state index contributed by atoms with van der Waals surface area (Å²) >= 11 is 1.68. The van der Waals surface area contributed by atoms with E-state index in [0.717, 1.165) is 61.8 Å². The number of benzene rings is 1. The van der Waals surface area contributed by atoms with Crippen LogP contribution in [0.1, 0.15) is 0 Å². The highest BCUT2D eigenvalue weighted by Crippen LogP contribution is 2.24. The van der Waals surface area contributed by atoms with Crippen LogP contribution in [-0.2, 0) is 0 Å². The number of hydrogen-bond donors (Lipinski definition) is 2. The molecule has 3 heterocycles. The zero-order valence-electron chi connectivity index (χ0n) is 16.3. The summed E-state index contributed by atoms with van der Waals surface area (Å²) in [4.78, 5) is 22.2. The minimum atomic E-state index is 0. The van der Waals surface area contributed by atoms with E-state index in [9.17, 15) is 0 Å². The van der Waals surface area contributed by atoms with Gasteiger partial charge in [0.15, 0.2) is 11.1 Å². The molecule has 1 aliphatic rings. The molecule has 4 rings (SSSR count). The number of nitrogens with one attached hydrogen (secondary N) is 2. The molecule has 0 spiro atoms. The second-order valence-electron chi connectivity index (χ2n) is 6.41. The zero-order chi connectivity index (χ0) is 19.2. The number of aromatic nitrogens is 3. The first-order chi connectivity index (χ1) is 13.8. The third-order valence-corrected chi connectivity index (χ3v) is 5.60. The van der Waals surface area contributed by atoms with Gasteiger partial charge >= 0.3 is 0 Å². The Labute approximate surface area is 191 Å². The smallest absolute Gasteiger partial charge is 0.225 e. The predicted octanol–water partition coefficient (Wildman–Crippen LogP) is 2.51. The van der Waals surface area contributed by atoms with E-state index in [1.165, 1.54) is 4.70 Å². The van der Waals surface area contributed by atoms with E-state index in [2.05, 4.69) is 46.4 Å². The van der Waals surface area contributed by atoms with Crippen molar-refractivity contribution in [3.05, 3.63) is 42.7 Å². The number of aliphatic imine (C=N–C) groups is 1. The first kappa shape index (κ1) is 21.5. The maximum Gasteiger partial charge on any atom is 0.225 e. The molecule has 0 saturated carbocycles. The predicted molar refractivity (Wildman–Crippen MR) is 131 cm³/mol. The monoisotopic (exact) mass is 524 g/mol. The van der Waals surface area contributed by atoms with Crippen molar-refractivity contribution in [2.45, 2.75) is 0 Å². The highest BCUT2D eigenvalue weighted by Gasteiger charge is 2.20. The van der Waals surface area contributed by atoms with Crippen LogP contribution in [0.4, 0.5) is 11.1 Å². The van der Waals surface area contributed by atoms with E-state index in [1.54, 1.807) is 23.7 Å². The van der Waals surface area contributed by atoms with Gasteiger partial charge in [0.25, 0.3) is 0 Å². The van der Waals surface area contributed by atoms with Crippen LogP contribution in [0.15, 0.2) is 47.7 Å². The summed E-state index contributed by atoms with van der Waals surface area (Å²) in [5.41, 5.74) is 1.04. The van der Waals surface area contributed by atoms with E-state index in [-0.39, 0.29) is 24.0 Å². The molecule has 1 saturated heterocycles. The van der Waals surface area contributed by atoms with Crippen LogP contribution >= 0.6 is 35.3 Å². The Balaban J connectivity index is 0.00000240. The molecule has 0 radical (unpaired) electrons. The summed E-state index contributed by atoms with van der Waals surface area (Å²) in [7, 11) is 1.83. The Morgan fingerprint density at radius 3 is 2.55 bits per heavy atom. The van der Waals surface area contributed by atoms with Crippen molar-refractivity contribution >= 4 is 62.6 Å². The number of anilines is 2. The lowest BCUT2D eigenvalue weighted by molar-refractivity contribution is 0.371. The minimum absolute atomic E-state index is 0. The van der Waals surface area contributed by atoms with Crippen molar-refractivity contribution in [2.75, 3.05) is 56.5 Å². The molecule has 8 nitrogen and oxygen atoms in total. The Morgan fingerprint density at radius 1 is 1.07 bits per heavy atom. The van der Waals surface area contributed by atoms with E-state index < -0.39 is 0 Å². The van der Waals surface area contributed by atoms with Crippen molar-refractivity contribution in [3.63, 3.8) is 0 Å². The summed E-state index contributed by atoms with van der Waals surface area (Å²) < 4.78 is 1.20. The Morgan fingerprint density at radius 2 is 1.83 bits per heavy atom. The minimum Gasteiger partial charge on any atom is -0.360 e. The molecule has 0 amide bonds. The Hall–Kier alpha value is -2.21. The first-order valence-electron chi connectivity index (χ1n) is 9.40. The van der Waals surface area contributed by atoms with E-state index in [0.29, 0.717) is 0 Å². The van der Waals surface area contributed by atoms with Crippen molar-refractivity contribution < 1.29 is 0 Å². The van der Waals surface area contributed by atoms with Gasteiger partial charge in [-0.25, -0.2) is 15.0 Å². The van der Waals surface area contributed by atoms with Crippen LogP contribution in [0.5, 0.6) is 0 Å². The number of halogens is 1. The number of guanidine groups is 1. The molecular weight excluding hydrogens is 499 g/mol. The molecule has 0 aliphatic carbocycles. The van der Waals surface area contributed by atoms with Gasteiger partial charge in [-0.05, 0) is 18.2 Å². The van der Waals surface area contributed by atoms with Crippen molar-refractivity contribution in [1.29, 1.82) is 0 Å². The van der Waals surface area contributed by atoms with Gasteiger partial charge in [0.05, 0.1) is 10.2 Å². The Bertz CT molecular complexity index is 891. The maximum absolute atomic E-state index is 4.60. The topological polar surface area (TPSA) is 81.6 Å². The van der Waals surface area contributed by atoms with Crippen LogP contribution in [0, 0.1) is 0 Å². The van der Waals surface area contributed by atoms with Gasteiger partial charge in [-0.2, -0.15) is 0 Å². The largest absolute Gasteiger partial charge is 0.360 e. The second-order valence-corrected chi connectivity index (χ2v) is 7.44. The van der Waals surface area contributed by atoms with Gasteiger partial charge in [-0.1, -0.05) is 23.5 Å². The molecule has 2 N–H and O–H groups in total. The summed E-state index contributed by atoms with van der Waals surface area (Å²) in [5, 5.41) is 7.78. The highest BCUT2D eigenvalue weighted by atomic mass is 127. The summed E-state index contributed by atoms with van der Waals surface area (Å²) in [6.45, 7) is 5.12. The van der Waals surface area contributed by atoms with Gasteiger partial charge in [0.1, 0.15) is 0 Å². The lowest BCUT2D eigenvalue weighted by Crippen LogP contribution is -2.53. The van der Waals surface area contributed by atoms with Crippen LogP contribution in [0.3, 0.4) is 0 Å². The van der Waals surface area contributed by atoms with Crippen LogP contribution in [-0.4, -0.2) is 72.1 Å². The molecule has 2 aromatic heterocycles. The number of rotatable bonds is 5. The standard InChI is InChI=1S/C19H24N8S.HI/c1-20-17(26-11-13-27(14-12-26)18-21-7-4-8-22-18)23-9-10-24-19-25-15-5-2-3-6-16(15)28-19;/h2-8H,9-14H2,1H3,(H,20,23)(H,24,25);1H. The van der Waals surface area contributed by atoms with Crippen LogP contribution < -0.4 is 15.5 Å². The number of hydrogen-bond acceptors (Lipinski definition) is 7. The summed E-state index contributed by atoms with van der Waals surface area (Å²) in [6.07, 6.45) is 3.57. The molecule has 1 aromatic carbocycles. The average Bonchev–Trinajstić information content (AvgIpc) is 3.17. The van der Waals surface area contributed by atoms with E-state index in [1.807, 2.05) is 31.3 Å². The molecule has 1 aliphatic heterocycles. The molecule has 29 heavy (non-hydrogen) atoms. The fourth-order valence-electron chi connectivity index (χ4n) is 3.20. The maximum atomic E-state index is 4.60. The average molecular weight is 524 g/mol. The lowest BCUT2D eigenvalue weighted by Gasteiger charge is -2.36. The number of thiazole rings is 1. The number of para-hydroxylation sites is 1. The number of piperazine rings is 1. The lowest BCUT2D eigenvalue weighted by atomic mass is 10.3. The second kappa shape index (κ2) is 10.5.